The predicted octanol–water partition coefficient (Wildman–Crippen LogP) is 2.78. The number of nitrogens with one attached hydrogen (secondary N) is 1. The minimum absolute atomic E-state index is 0.0130. The summed E-state index contributed by atoms with van der Waals surface area (Å²) in [5, 5.41) is 1.05. The van der Waals surface area contributed by atoms with E-state index in [1.165, 1.54) is 11.8 Å². The lowest BCUT2D eigenvalue weighted by molar-refractivity contribution is -0.121. The number of hydrogen-bond donors (Lipinski definition) is 1. The fourth-order valence-corrected chi connectivity index (χ4v) is 3.40. The number of nitrogens with zero attached hydrogens (tertiary/aromatic N) is 2. The quantitative estimate of drug-likeness (QED) is 0.682. The molecule has 0 bridgehead atoms. The Hall–Kier alpha value is -1.66. The average Bonchev–Trinajstić information content (AvgIpc) is 2.93. The molecule has 19 heavy (non-hydrogen) atoms. The van der Waals surface area contributed by atoms with Gasteiger partial charge in [0.05, 0.1) is 16.6 Å². The van der Waals surface area contributed by atoms with Gasteiger partial charge in [-0.05, 0) is 19.1 Å². The molecule has 0 atom stereocenters. The fraction of sp³-hybridized carbons (Fsp3) is 0.154. The summed E-state index contributed by atoms with van der Waals surface area (Å²) >= 11 is 6.55. The molecular weight excluding hydrogens is 278 g/mol. The largest absolute Gasteiger partial charge is 0.359 e. The van der Waals surface area contributed by atoms with Crippen LogP contribution in [0.2, 0.25) is 0 Å². The smallest absolute Gasteiger partial charge is 0.266 e. The molecule has 0 saturated carbocycles. The molecule has 0 unspecified atom stereocenters. The van der Waals surface area contributed by atoms with Crippen molar-refractivity contribution in [2.45, 2.75) is 6.92 Å². The summed E-state index contributed by atoms with van der Waals surface area (Å²) in [5.41, 5.74) is 1.94. The Morgan fingerprint density at radius 3 is 3.16 bits per heavy atom. The highest BCUT2D eigenvalue weighted by atomic mass is 32.2. The molecule has 1 aliphatic heterocycles. The number of carbonyl (C=O) groups is 1. The van der Waals surface area contributed by atoms with E-state index in [1.54, 1.807) is 17.3 Å². The van der Waals surface area contributed by atoms with Crippen molar-refractivity contribution in [3.63, 3.8) is 0 Å². The van der Waals surface area contributed by atoms with Crippen LogP contribution in [-0.2, 0) is 4.79 Å². The maximum atomic E-state index is 12.1. The first-order valence-electron chi connectivity index (χ1n) is 5.87. The Bertz CT molecular complexity index is 705. The van der Waals surface area contributed by atoms with Gasteiger partial charge in [-0.3, -0.25) is 14.7 Å². The van der Waals surface area contributed by atoms with Crippen LogP contribution in [0.5, 0.6) is 0 Å². The van der Waals surface area contributed by atoms with Gasteiger partial charge in [-0.25, -0.2) is 0 Å². The van der Waals surface area contributed by atoms with E-state index in [-0.39, 0.29) is 5.91 Å². The second kappa shape index (κ2) is 4.79. The van der Waals surface area contributed by atoms with E-state index in [1.807, 2.05) is 25.3 Å². The maximum Gasteiger partial charge on any atom is 0.266 e. The maximum absolute atomic E-state index is 12.1. The van der Waals surface area contributed by atoms with E-state index in [4.69, 9.17) is 12.2 Å². The number of aromatic nitrogens is 2. The number of fused-ring (bicyclic) bond motifs is 1. The second-order valence-electron chi connectivity index (χ2n) is 4.09. The van der Waals surface area contributed by atoms with Gasteiger partial charge in [-0.1, -0.05) is 24.0 Å². The predicted molar refractivity (Wildman–Crippen MR) is 81.6 cm³/mol. The molecule has 0 aromatic carbocycles. The lowest BCUT2D eigenvalue weighted by atomic mass is 10.2. The third-order valence-corrected chi connectivity index (χ3v) is 4.37. The monoisotopic (exact) mass is 289 g/mol. The molecule has 3 heterocycles. The van der Waals surface area contributed by atoms with Gasteiger partial charge in [0.2, 0.25) is 0 Å². The van der Waals surface area contributed by atoms with Gasteiger partial charge >= 0.3 is 0 Å². The Morgan fingerprint density at radius 1 is 1.58 bits per heavy atom. The van der Waals surface area contributed by atoms with Gasteiger partial charge in [0.25, 0.3) is 5.91 Å². The molecule has 1 N–H and O–H groups in total. The summed E-state index contributed by atoms with van der Waals surface area (Å²) < 4.78 is 0.625. The van der Waals surface area contributed by atoms with Crippen LogP contribution in [0, 0.1) is 0 Å². The number of carbonyl (C=O) groups excluding carboxylic acids is 1. The van der Waals surface area contributed by atoms with Crippen molar-refractivity contribution in [3.8, 4) is 0 Å². The van der Waals surface area contributed by atoms with Gasteiger partial charge in [-0.15, -0.1) is 0 Å². The van der Waals surface area contributed by atoms with Crippen LogP contribution < -0.4 is 0 Å². The SMILES string of the molecule is CCN1C(=O)/C(=C/c2c[nH]c3cnccc23)SC1=S. The number of aromatic amines is 1. The molecule has 3 rings (SSSR count). The van der Waals surface area contributed by atoms with Gasteiger partial charge in [-0.2, -0.15) is 0 Å². The summed E-state index contributed by atoms with van der Waals surface area (Å²) in [6.45, 7) is 2.53. The van der Waals surface area contributed by atoms with E-state index < -0.39 is 0 Å². The number of rotatable bonds is 2. The molecular formula is C13H11N3OS2. The lowest BCUT2D eigenvalue weighted by Crippen LogP contribution is -2.27. The summed E-state index contributed by atoms with van der Waals surface area (Å²) in [4.78, 5) is 21.6. The molecule has 4 nitrogen and oxygen atoms in total. The van der Waals surface area contributed by atoms with E-state index >= 15 is 0 Å². The molecule has 0 radical (unpaired) electrons. The number of amides is 1. The average molecular weight is 289 g/mol. The van der Waals surface area contributed by atoms with Gasteiger partial charge in [0.15, 0.2) is 0 Å². The molecule has 2 aromatic heterocycles. The number of hydrogen-bond acceptors (Lipinski definition) is 4. The molecule has 2 aromatic rings. The van der Waals surface area contributed by atoms with E-state index in [2.05, 4.69) is 9.97 Å². The number of likely N-dealkylation sites (N-methyl/N-ethyl adjacent to an activating group) is 1. The van der Waals surface area contributed by atoms with Gasteiger partial charge in [0, 0.05) is 29.9 Å². The minimum Gasteiger partial charge on any atom is -0.359 e. The molecule has 0 spiro atoms. The summed E-state index contributed by atoms with van der Waals surface area (Å²) in [7, 11) is 0. The van der Waals surface area contributed by atoms with Crippen molar-refractivity contribution in [1.82, 2.24) is 14.9 Å². The van der Waals surface area contributed by atoms with Crippen LogP contribution in [0.1, 0.15) is 12.5 Å². The highest BCUT2D eigenvalue weighted by Crippen LogP contribution is 2.33. The van der Waals surface area contributed by atoms with Crippen molar-refractivity contribution >= 4 is 51.2 Å². The number of thiocarbonyl (C=S) groups is 1. The Kier molecular flexibility index (Phi) is 3.12. The number of pyridine rings is 1. The molecule has 1 aliphatic rings. The van der Waals surface area contributed by atoms with Gasteiger partial charge < -0.3 is 4.98 Å². The third kappa shape index (κ3) is 2.06. The first kappa shape index (κ1) is 12.4. The Labute approximate surface area is 119 Å². The van der Waals surface area contributed by atoms with Crippen molar-refractivity contribution < 1.29 is 4.79 Å². The first-order valence-corrected chi connectivity index (χ1v) is 7.09. The first-order chi connectivity index (χ1) is 9.20. The van der Waals surface area contributed by atoms with Crippen LogP contribution >= 0.6 is 24.0 Å². The second-order valence-corrected chi connectivity index (χ2v) is 5.77. The van der Waals surface area contributed by atoms with Crippen molar-refractivity contribution in [2.75, 3.05) is 6.54 Å². The standard InChI is InChI=1S/C13H11N3OS2/c1-2-16-12(17)11(19-13(16)18)5-8-6-15-10-7-14-4-3-9(8)10/h3-7,15H,2H2,1H3/b11-5-. The van der Waals surface area contributed by atoms with Crippen molar-refractivity contribution in [1.29, 1.82) is 0 Å². The highest BCUT2D eigenvalue weighted by Gasteiger charge is 2.30. The van der Waals surface area contributed by atoms with E-state index in [0.29, 0.717) is 15.8 Å². The van der Waals surface area contributed by atoms with E-state index in [9.17, 15) is 4.79 Å². The molecule has 0 aliphatic carbocycles. The number of thioether (sulfide) groups is 1. The zero-order chi connectivity index (χ0) is 13.4. The van der Waals surface area contributed by atoms with Crippen molar-refractivity contribution in [2.24, 2.45) is 0 Å². The highest BCUT2D eigenvalue weighted by molar-refractivity contribution is 8.26. The lowest BCUT2D eigenvalue weighted by Gasteiger charge is -2.09. The van der Waals surface area contributed by atoms with E-state index in [0.717, 1.165) is 16.5 Å². The van der Waals surface area contributed by atoms with Crippen LogP contribution in [0.25, 0.3) is 17.0 Å². The zero-order valence-corrected chi connectivity index (χ0v) is 11.8. The molecule has 6 heteroatoms. The third-order valence-electron chi connectivity index (χ3n) is 2.99. The van der Waals surface area contributed by atoms with Crippen LogP contribution in [-0.4, -0.2) is 31.6 Å². The topological polar surface area (TPSA) is 49.0 Å². The molecule has 1 fully saturated rings. The van der Waals surface area contributed by atoms with Crippen molar-refractivity contribution in [3.05, 3.63) is 35.1 Å². The van der Waals surface area contributed by atoms with Crippen LogP contribution in [0.4, 0.5) is 0 Å². The normalized spacial score (nSPS) is 17.9. The van der Waals surface area contributed by atoms with Gasteiger partial charge in [0.1, 0.15) is 4.32 Å². The number of H-pyrrole nitrogens is 1. The molecule has 1 saturated heterocycles. The Morgan fingerprint density at radius 2 is 2.42 bits per heavy atom. The Balaban J connectivity index is 2.03. The summed E-state index contributed by atoms with van der Waals surface area (Å²) in [6.07, 6.45) is 7.27. The fourth-order valence-electron chi connectivity index (χ4n) is 2.03. The molecule has 96 valence electrons. The zero-order valence-electron chi connectivity index (χ0n) is 10.2. The molecule has 1 amide bonds. The van der Waals surface area contributed by atoms with Crippen LogP contribution in [0.15, 0.2) is 29.6 Å². The minimum atomic E-state index is -0.0130. The van der Waals surface area contributed by atoms with Crippen LogP contribution in [0.3, 0.4) is 0 Å². The summed E-state index contributed by atoms with van der Waals surface area (Å²) in [5.74, 6) is -0.0130. The summed E-state index contributed by atoms with van der Waals surface area (Å²) in [6, 6.07) is 1.93.